The number of aromatic nitrogens is 5. The van der Waals surface area contributed by atoms with Gasteiger partial charge in [-0.05, 0) is 12.0 Å². The maximum absolute atomic E-state index is 5.69. The molecule has 0 spiro atoms. The van der Waals surface area contributed by atoms with E-state index in [2.05, 4.69) is 33.9 Å². The van der Waals surface area contributed by atoms with Gasteiger partial charge in [0.2, 0.25) is 5.95 Å². The van der Waals surface area contributed by atoms with E-state index < -0.39 is 0 Å². The zero-order valence-electron chi connectivity index (χ0n) is 10.4. The predicted molar refractivity (Wildman–Crippen MR) is 71.5 cm³/mol. The molecule has 2 aromatic heterocycles. The third kappa shape index (κ3) is 3.19. The van der Waals surface area contributed by atoms with Gasteiger partial charge in [0.05, 0.1) is 0 Å². The Hall–Kier alpha value is -1.63. The molecule has 2 heterocycles. The molecule has 0 radical (unpaired) electrons. The van der Waals surface area contributed by atoms with Crippen molar-refractivity contribution in [1.82, 2.24) is 24.7 Å². The fourth-order valence-corrected chi connectivity index (χ4v) is 2.22. The van der Waals surface area contributed by atoms with Crippen molar-refractivity contribution < 1.29 is 0 Å². The number of anilines is 1. The van der Waals surface area contributed by atoms with Crippen molar-refractivity contribution in [3.05, 3.63) is 18.5 Å². The number of nitrogens with zero attached hydrogens (tertiary/aromatic N) is 5. The number of hydrogen-bond donors (Lipinski definition) is 1. The van der Waals surface area contributed by atoms with E-state index in [1.54, 1.807) is 28.8 Å². The zero-order valence-corrected chi connectivity index (χ0v) is 11.3. The lowest BCUT2D eigenvalue weighted by Crippen LogP contribution is -2.08. The minimum absolute atomic E-state index is 0.224. The molecule has 96 valence electrons. The summed E-state index contributed by atoms with van der Waals surface area (Å²) in [6.45, 7) is 4.37. The van der Waals surface area contributed by atoms with Gasteiger partial charge in [-0.15, -0.1) is 0 Å². The Labute approximate surface area is 110 Å². The highest BCUT2D eigenvalue weighted by atomic mass is 32.2. The normalized spacial score (nSPS) is 12.6. The average molecular weight is 264 g/mol. The summed E-state index contributed by atoms with van der Waals surface area (Å²) in [6.07, 6.45) is 4.59. The molecular formula is C11H16N6S. The SMILES string of the molecule is CCC(C)CSc1nc(N)nc(-n2cccn2)n1. The molecule has 0 fully saturated rings. The van der Waals surface area contributed by atoms with Crippen LogP contribution in [0.1, 0.15) is 20.3 Å². The molecule has 0 aromatic carbocycles. The molecule has 6 nitrogen and oxygen atoms in total. The monoisotopic (exact) mass is 264 g/mol. The molecule has 1 unspecified atom stereocenters. The van der Waals surface area contributed by atoms with E-state index >= 15 is 0 Å². The van der Waals surface area contributed by atoms with E-state index in [4.69, 9.17) is 5.73 Å². The van der Waals surface area contributed by atoms with Gasteiger partial charge in [0, 0.05) is 18.1 Å². The van der Waals surface area contributed by atoms with Crippen LogP contribution in [0.5, 0.6) is 0 Å². The largest absolute Gasteiger partial charge is 0.368 e. The highest BCUT2D eigenvalue weighted by Crippen LogP contribution is 2.19. The smallest absolute Gasteiger partial charge is 0.256 e. The summed E-state index contributed by atoms with van der Waals surface area (Å²) in [6, 6.07) is 1.81. The molecule has 2 N–H and O–H groups in total. The number of hydrogen-bond acceptors (Lipinski definition) is 6. The molecule has 2 rings (SSSR count). The first-order chi connectivity index (χ1) is 8.69. The molecule has 0 amide bonds. The minimum Gasteiger partial charge on any atom is -0.368 e. The van der Waals surface area contributed by atoms with Crippen LogP contribution >= 0.6 is 11.8 Å². The molecule has 0 saturated heterocycles. The van der Waals surface area contributed by atoms with Crippen LogP contribution < -0.4 is 5.73 Å². The molecular weight excluding hydrogens is 248 g/mol. The summed E-state index contributed by atoms with van der Waals surface area (Å²) in [5.74, 6) is 2.28. The second-order valence-electron chi connectivity index (χ2n) is 4.05. The van der Waals surface area contributed by atoms with Crippen molar-refractivity contribution in [1.29, 1.82) is 0 Å². The molecule has 7 heteroatoms. The van der Waals surface area contributed by atoms with Crippen LogP contribution in [0, 0.1) is 5.92 Å². The standard InChI is InChI=1S/C11H16N6S/c1-3-8(2)7-18-11-15-9(12)14-10(16-11)17-6-4-5-13-17/h4-6,8H,3,7H2,1-2H3,(H2,12,14,15,16). The Bertz CT molecular complexity index is 498. The van der Waals surface area contributed by atoms with Gasteiger partial charge in [-0.1, -0.05) is 32.0 Å². The highest BCUT2D eigenvalue weighted by molar-refractivity contribution is 7.99. The maximum Gasteiger partial charge on any atom is 0.256 e. The van der Waals surface area contributed by atoms with Crippen LogP contribution in [0.2, 0.25) is 0 Å². The second kappa shape index (κ2) is 5.81. The summed E-state index contributed by atoms with van der Waals surface area (Å²) < 4.78 is 1.57. The predicted octanol–water partition coefficient (Wildman–Crippen LogP) is 1.78. The van der Waals surface area contributed by atoms with Gasteiger partial charge in [0.25, 0.3) is 5.95 Å². The van der Waals surface area contributed by atoms with E-state index in [1.165, 1.54) is 0 Å². The zero-order chi connectivity index (χ0) is 13.0. The molecule has 0 aliphatic heterocycles. The van der Waals surface area contributed by atoms with E-state index in [9.17, 15) is 0 Å². The van der Waals surface area contributed by atoms with Crippen LogP contribution in [0.4, 0.5) is 5.95 Å². The number of thioether (sulfide) groups is 1. The van der Waals surface area contributed by atoms with Crippen molar-refractivity contribution in [3.8, 4) is 5.95 Å². The molecule has 2 aromatic rings. The van der Waals surface area contributed by atoms with E-state index in [0.29, 0.717) is 17.0 Å². The van der Waals surface area contributed by atoms with Crippen LogP contribution in [0.25, 0.3) is 5.95 Å². The Morgan fingerprint density at radius 3 is 2.89 bits per heavy atom. The van der Waals surface area contributed by atoms with E-state index in [-0.39, 0.29) is 5.95 Å². The van der Waals surface area contributed by atoms with Crippen LogP contribution in [-0.2, 0) is 0 Å². The summed E-state index contributed by atoms with van der Waals surface area (Å²) in [4.78, 5) is 12.5. The quantitative estimate of drug-likeness (QED) is 0.829. The van der Waals surface area contributed by atoms with Crippen LogP contribution in [0.15, 0.2) is 23.6 Å². The van der Waals surface area contributed by atoms with E-state index in [1.807, 2.05) is 6.07 Å². The Kier molecular flexibility index (Phi) is 4.14. The van der Waals surface area contributed by atoms with Gasteiger partial charge in [0.15, 0.2) is 5.16 Å². The van der Waals surface area contributed by atoms with Gasteiger partial charge in [-0.2, -0.15) is 20.1 Å². The Morgan fingerprint density at radius 2 is 2.22 bits per heavy atom. The topological polar surface area (TPSA) is 82.5 Å². The van der Waals surface area contributed by atoms with Gasteiger partial charge >= 0.3 is 0 Å². The first-order valence-electron chi connectivity index (χ1n) is 5.83. The first-order valence-corrected chi connectivity index (χ1v) is 6.82. The van der Waals surface area contributed by atoms with Crippen molar-refractivity contribution in [2.45, 2.75) is 25.4 Å². The molecule has 1 atom stereocenters. The van der Waals surface area contributed by atoms with Gasteiger partial charge in [-0.3, -0.25) is 0 Å². The number of nitrogens with two attached hydrogens (primary N) is 1. The maximum atomic E-state index is 5.69. The average Bonchev–Trinajstić information content (AvgIpc) is 2.89. The van der Waals surface area contributed by atoms with E-state index in [0.717, 1.165) is 12.2 Å². The van der Waals surface area contributed by atoms with Crippen LogP contribution in [0.3, 0.4) is 0 Å². The third-order valence-electron chi connectivity index (χ3n) is 2.52. The van der Waals surface area contributed by atoms with Gasteiger partial charge < -0.3 is 5.73 Å². The minimum atomic E-state index is 0.224. The van der Waals surface area contributed by atoms with Crippen molar-refractivity contribution in [3.63, 3.8) is 0 Å². The third-order valence-corrected chi connectivity index (χ3v) is 3.70. The Morgan fingerprint density at radius 1 is 1.39 bits per heavy atom. The molecule has 0 saturated carbocycles. The van der Waals surface area contributed by atoms with Crippen molar-refractivity contribution in [2.75, 3.05) is 11.5 Å². The number of rotatable bonds is 5. The fraction of sp³-hybridized carbons (Fsp3) is 0.455. The summed E-state index contributed by atoms with van der Waals surface area (Å²) >= 11 is 1.60. The van der Waals surface area contributed by atoms with Gasteiger partial charge in [-0.25, -0.2) is 4.68 Å². The summed E-state index contributed by atoms with van der Waals surface area (Å²) in [5.41, 5.74) is 5.69. The van der Waals surface area contributed by atoms with Gasteiger partial charge in [0.1, 0.15) is 0 Å². The lowest BCUT2D eigenvalue weighted by molar-refractivity contribution is 0.635. The number of nitrogen functional groups attached to an aromatic ring is 1. The molecule has 18 heavy (non-hydrogen) atoms. The fourth-order valence-electron chi connectivity index (χ4n) is 1.25. The molecule has 0 bridgehead atoms. The lowest BCUT2D eigenvalue weighted by atomic mass is 10.2. The lowest BCUT2D eigenvalue weighted by Gasteiger charge is -2.07. The first kappa shape index (κ1) is 12.8. The van der Waals surface area contributed by atoms with Crippen molar-refractivity contribution in [2.24, 2.45) is 5.92 Å². The van der Waals surface area contributed by atoms with Crippen LogP contribution in [-0.4, -0.2) is 30.5 Å². The summed E-state index contributed by atoms with van der Waals surface area (Å²) in [7, 11) is 0. The second-order valence-corrected chi connectivity index (χ2v) is 5.04. The Balaban J connectivity index is 2.17. The molecule has 0 aliphatic carbocycles. The molecule has 0 aliphatic rings. The highest BCUT2D eigenvalue weighted by Gasteiger charge is 2.08. The van der Waals surface area contributed by atoms with Crippen molar-refractivity contribution >= 4 is 17.7 Å². The summed E-state index contributed by atoms with van der Waals surface area (Å²) in [5, 5.41) is 4.73.